The van der Waals surface area contributed by atoms with Crippen LogP contribution in [-0.2, 0) is 0 Å². The smallest absolute Gasteiger partial charge is 0.197 e. The third kappa shape index (κ3) is 1.66. The molecule has 3 heteroatoms. The normalized spacial score (nSPS) is 13.0. The molecular formula is C12H13NO2. The van der Waals surface area contributed by atoms with E-state index in [0.717, 1.165) is 5.56 Å². The van der Waals surface area contributed by atoms with Gasteiger partial charge in [-0.3, -0.25) is 4.79 Å². The van der Waals surface area contributed by atoms with Crippen LogP contribution in [-0.4, -0.2) is 0 Å². The molecule has 0 aliphatic carbocycles. The number of rotatable bonds is 1. The Morgan fingerprint density at radius 1 is 1.40 bits per heavy atom. The SMILES string of the molecule is Cc1ccc2c(=O)c(C(C)N)coc2c1. The molecule has 0 spiro atoms. The predicted molar refractivity (Wildman–Crippen MR) is 59.8 cm³/mol. The highest BCUT2D eigenvalue weighted by atomic mass is 16.3. The zero-order valence-electron chi connectivity index (χ0n) is 8.78. The topological polar surface area (TPSA) is 56.2 Å². The quantitative estimate of drug-likeness (QED) is 0.772. The molecule has 1 aromatic carbocycles. The highest BCUT2D eigenvalue weighted by Crippen LogP contribution is 2.15. The highest BCUT2D eigenvalue weighted by Gasteiger charge is 2.09. The first kappa shape index (κ1) is 9.93. The van der Waals surface area contributed by atoms with E-state index in [4.69, 9.17) is 10.2 Å². The lowest BCUT2D eigenvalue weighted by Crippen LogP contribution is -2.17. The minimum absolute atomic E-state index is 0.0359. The Hall–Kier alpha value is -1.61. The van der Waals surface area contributed by atoms with E-state index in [1.165, 1.54) is 6.26 Å². The first-order chi connectivity index (χ1) is 7.09. The van der Waals surface area contributed by atoms with Gasteiger partial charge in [-0.1, -0.05) is 6.07 Å². The summed E-state index contributed by atoms with van der Waals surface area (Å²) in [6, 6.07) is 5.22. The number of hydrogen-bond acceptors (Lipinski definition) is 3. The summed E-state index contributed by atoms with van der Waals surface area (Å²) in [6.45, 7) is 3.73. The van der Waals surface area contributed by atoms with Gasteiger partial charge < -0.3 is 10.2 Å². The summed E-state index contributed by atoms with van der Waals surface area (Å²) < 4.78 is 5.39. The van der Waals surface area contributed by atoms with Gasteiger partial charge in [0.1, 0.15) is 5.58 Å². The molecule has 2 aromatic rings. The maximum Gasteiger partial charge on any atom is 0.197 e. The molecule has 1 atom stereocenters. The van der Waals surface area contributed by atoms with E-state index < -0.39 is 0 Å². The van der Waals surface area contributed by atoms with Crippen LogP contribution in [0.2, 0.25) is 0 Å². The average Bonchev–Trinajstić information content (AvgIpc) is 2.17. The molecule has 0 radical (unpaired) electrons. The van der Waals surface area contributed by atoms with Gasteiger partial charge >= 0.3 is 0 Å². The van der Waals surface area contributed by atoms with E-state index in [-0.39, 0.29) is 11.5 Å². The molecule has 1 heterocycles. The minimum Gasteiger partial charge on any atom is -0.464 e. The minimum atomic E-state index is -0.299. The van der Waals surface area contributed by atoms with Gasteiger partial charge in [0.05, 0.1) is 17.2 Å². The van der Waals surface area contributed by atoms with Crippen LogP contribution >= 0.6 is 0 Å². The summed E-state index contributed by atoms with van der Waals surface area (Å²) in [4.78, 5) is 11.9. The second-order valence-corrected chi connectivity index (χ2v) is 3.81. The molecule has 0 bridgehead atoms. The standard InChI is InChI=1S/C12H13NO2/c1-7-3-4-9-11(5-7)15-6-10(8(2)13)12(9)14/h3-6,8H,13H2,1-2H3. The molecule has 1 unspecified atom stereocenters. The first-order valence-corrected chi connectivity index (χ1v) is 4.87. The van der Waals surface area contributed by atoms with Crippen molar-refractivity contribution in [1.29, 1.82) is 0 Å². The molecule has 2 rings (SSSR count). The highest BCUT2D eigenvalue weighted by molar-refractivity contribution is 5.77. The summed E-state index contributed by atoms with van der Waals surface area (Å²) in [5.41, 5.74) is 7.84. The summed E-state index contributed by atoms with van der Waals surface area (Å²) in [6.07, 6.45) is 1.45. The van der Waals surface area contributed by atoms with Crippen molar-refractivity contribution in [2.45, 2.75) is 19.9 Å². The number of fused-ring (bicyclic) bond motifs is 1. The molecule has 0 fully saturated rings. The fourth-order valence-electron chi connectivity index (χ4n) is 1.56. The monoisotopic (exact) mass is 203 g/mol. The van der Waals surface area contributed by atoms with Crippen molar-refractivity contribution in [3.63, 3.8) is 0 Å². The molecule has 0 saturated carbocycles. The van der Waals surface area contributed by atoms with Crippen LogP contribution in [0.4, 0.5) is 0 Å². The van der Waals surface area contributed by atoms with Crippen molar-refractivity contribution in [3.05, 3.63) is 45.8 Å². The zero-order chi connectivity index (χ0) is 11.0. The summed E-state index contributed by atoms with van der Waals surface area (Å²) in [7, 11) is 0. The molecule has 1 aromatic heterocycles. The summed E-state index contributed by atoms with van der Waals surface area (Å²) in [5, 5.41) is 0.593. The van der Waals surface area contributed by atoms with E-state index in [2.05, 4.69) is 0 Å². The summed E-state index contributed by atoms with van der Waals surface area (Å²) in [5.74, 6) is 0. The number of nitrogens with two attached hydrogens (primary N) is 1. The molecule has 2 N–H and O–H groups in total. The van der Waals surface area contributed by atoms with Gasteiger partial charge in [-0.25, -0.2) is 0 Å². The van der Waals surface area contributed by atoms with Gasteiger partial charge in [-0.05, 0) is 31.5 Å². The molecule has 78 valence electrons. The molecule has 15 heavy (non-hydrogen) atoms. The van der Waals surface area contributed by atoms with Gasteiger partial charge in [-0.15, -0.1) is 0 Å². The molecule has 0 amide bonds. The van der Waals surface area contributed by atoms with E-state index >= 15 is 0 Å². The van der Waals surface area contributed by atoms with Gasteiger partial charge in [-0.2, -0.15) is 0 Å². The van der Waals surface area contributed by atoms with Crippen molar-refractivity contribution in [1.82, 2.24) is 0 Å². The fourth-order valence-corrected chi connectivity index (χ4v) is 1.56. The predicted octanol–water partition coefficient (Wildman–Crippen LogP) is 2.12. The average molecular weight is 203 g/mol. The van der Waals surface area contributed by atoms with Gasteiger partial charge in [0, 0.05) is 6.04 Å². The Bertz CT molecular complexity index is 555. The Kier molecular flexibility index (Phi) is 2.32. The maximum absolute atomic E-state index is 11.9. The van der Waals surface area contributed by atoms with E-state index in [0.29, 0.717) is 16.5 Å². The largest absolute Gasteiger partial charge is 0.464 e. The van der Waals surface area contributed by atoms with Crippen LogP contribution in [0.15, 0.2) is 33.7 Å². The number of benzene rings is 1. The lowest BCUT2D eigenvalue weighted by Gasteiger charge is -2.05. The molecule has 0 aliphatic heterocycles. The van der Waals surface area contributed by atoms with E-state index in [1.807, 2.05) is 19.1 Å². The zero-order valence-corrected chi connectivity index (χ0v) is 8.78. The lowest BCUT2D eigenvalue weighted by atomic mass is 10.1. The molecule has 3 nitrogen and oxygen atoms in total. The van der Waals surface area contributed by atoms with Gasteiger partial charge in [0.15, 0.2) is 5.43 Å². The van der Waals surface area contributed by atoms with Crippen molar-refractivity contribution in [2.24, 2.45) is 5.73 Å². The second kappa shape index (κ2) is 3.51. The Morgan fingerprint density at radius 3 is 2.80 bits per heavy atom. The van der Waals surface area contributed by atoms with Crippen molar-refractivity contribution in [2.75, 3.05) is 0 Å². The van der Waals surface area contributed by atoms with E-state index in [9.17, 15) is 4.79 Å². The Balaban J connectivity index is 2.80. The van der Waals surface area contributed by atoms with Crippen LogP contribution in [0.25, 0.3) is 11.0 Å². The van der Waals surface area contributed by atoms with Crippen LogP contribution in [0, 0.1) is 6.92 Å². The first-order valence-electron chi connectivity index (χ1n) is 4.87. The Morgan fingerprint density at radius 2 is 2.13 bits per heavy atom. The third-order valence-corrected chi connectivity index (χ3v) is 2.45. The summed E-state index contributed by atoms with van der Waals surface area (Å²) >= 11 is 0. The van der Waals surface area contributed by atoms with Crippen molar-refractivity contribution < 1.29 is 4.42 Å². The lowest BCUT2D eigenvalue weighted by molar-refractivity contribution is 0.583. The number of aryl methyl sites for hydroxylation is 1. The molecular weight excluding hydrogens is 190 g/mol. The van der Waals surface area contributed by atoms with Crippen molar-refractivity contribution in [3.8, 4) is 0 Å². The molecule has 0 aliphatic rings. The second-order valence-electron chi connectivity index (χ2n) is 3.81. The van der Waals surface area contributed by atoms with E-state index in [1.54, 1.807) is 13.0 Å². The van der Waals surface area contributed by atoms with Crippen LogP contribution in [0.1, 0.15) is 24.1 Å². The van der Waals surface area contributed by atoms with Crippen LogP contribution in [0.3, 0.4) is 0 Å². The van der Waals surface area contributed by atoms with Gasteiger partial charge in [0.2, 0.25) is 0 Å². The maximum atomic E-state index is 11.9. The van der Waals surface area contributed by atoms with Crippen molar-refractivity contribution >= 4 is 11.0 Å². The van der Waals surface area contributed by atoms with Crippen LogP contribution < -0.4 is 11.2 Å². The third-order valence-electron chi connectivity index (χ3n) is 2.45. The fraction of sp³-hybridized carbons (Fsp3) is 0.250. The van der Waals surface area contributed by atoms with Gasteiger partial charge in [0.25, 0.3) is 0 Å². The number of hydrogen-bond donors (Lipinski definition) is 1. The van der Waals surface area contributed by atoms with Crippen LogP contribution in [0.5, 0.6) is 0 Å². The molecule has 0 saturated heterocycles. The Labute approximate surface area is 87.5 Å².